The molecule has 0 radical (unpaired) electrons. The van der Waals surface area contributed by atoms with Crippen molar-refractivity contribution in [3.8, 4) is 0 Å². The molecule has 0 unspecified atom stereocenters. The third kappa shape index (κ3) is 3.83. The third-order valence-corrected chi connectivity index (χ3v) is 6.78. The highest BCUT2D eigenvalue weighted by Crippen LogP contribution is 2.24. The molecule has 1 fully saturated rings. The van der Waals surface area contributed by atoms with E-state index in [4.69, 9.17) is 14.0 Å². The maximum atomic E-state index is 12.9. The molecule has 0 amide bonds. The molecule has 3 aromatic rings. The van der Waals surface area contributed by atoms with E-state index >= 15 is 0 Å². The number of aromatic nitrogens is 3. The van der Waals surface area contributed by atoms with Crippen molar-refractivity contribution in [1.82, 2.24) is 19.0 Å². The average Bonchev–Trinajstić information content (AvgIpc) is 3.35. The molecule has 0 bridgehead atoms. The second kappa shape index (κ2) is 8.17. The van der Waals surface area contributed by atoms with E-state index in [1.807, 2.05) is 11.5 Å². The minimum Gasteiger partial charge on any atom is -0.452 e. The van der Waals surface area contributed by atoms with Gasteiger partial charge in [0.2, 0.25) is 15.8 Å². The van der Waals surface area contributed by atoms with Crippen molar-refractivity contribution in [2.45, 2.75) is 31.9 Å². The first-order valence-corrected chi connectivity index (χ1v) is 11.0. The summed E-state index contributed by atoms with van der Waals surface area (Å²) in [5, 5.41) is 3.67. The Morgan fingerprint density at radius 3 is 2.67 bits per heavy atom. The number of rotatable bonds is 6. The Labute approximate surface area is 173 Å². The summed E-state index contributed by atoms with van der Waals surface area (Å²) in [6.45, 7) is 5.56. The van der Waals surface area contributed by atoms with Gasteiger partial charge in [-0.05, 0) is 32.0 Å². The Morgan fingerprint density at radius 2 is 2.00 bits per heavy atom. The van der Waals surface area contributed by atoms with Crippen molar-refractivity contribution in [3.05, 3.63) is 41.5 Å². The smallest absolute Gasteiger partial charge is 0.377 e. The Balaban J connectivity index is 1.59. The zero-order valence-corrected chi connectivity index (χ0v) is 17.5. The highest BCUT2D eigenvalue weighted by Gasteiger charge is 2.27. The lowest BCUT2D eigenvalue weighted by Gasteiger charge is -2.26. The molecule has 0 atom stereocenters. The molecule has 1 aliphatic rings. The van der Waals surface area contributed by atoms with Gasteiger partial charge < -0.3 is 18.6 Å². The number of nitrogens with zero attached hydrogens (tertiary/aromatic N) is 4. The summed E-state index contributed by atoms with van der Waals surface area (Å²) in [6, 6.07) is 6.35. The minimum atomic E-state index is -3.62. The number of esters is 1. The maximum absolute atomic E-state index is 12.9. The number of imidazole rings is 1. The normalized spacial score (nSPS) is 15.5. The lowest BCUT2D eigenvalue weighted by Crippen LogP contribution is -2.40. The Kier molecular flexibility index (Phi) is 5.58. The fourth-order valence-corrected chi connectivity index (χ4v) is 4.81. The number of hydrogen-bond acceptors (Lipinski definition) is 8. The van der Waals surface area contributed by atoms with E-state index in [-0.39, 0.29) is 17.3 Å². The topological polar surface area (TPSA) is 117 Å². The zero-order valence-electron chi connectivity index (χ0n) is 16.7. The molecule has 0 spiro atoms. The molecule has 30 heavy (non-hydrogen) atoms. The van der Waals surface area contributed by atoms with Gasteiger partial charge in [-0.3, -0.25) is 0 Å². The third-order valence-electron chi connectivity index (χ3n) is 4.88. The number of benzene rings is 1. The SMILES string of the molecule is CCn1c(COC(=O)c2cc(C)no2)nc2cc(S(=O)(=O)N3CCOCC3)ccc21. The number of morpholine rings is 1. The summed E-state index contributed by atoms with van der Waals surface area (Å²) < 4.78 is 44.6. The van der Waals surface area contributed by atoms with E-state index in [2.05, 4.69) is 10.1 Å². The number of aryl methyl sites for hydroxylation is 2. The van der Waals surface area contributed by atoms with Gasteiger partial charge in [-0.2, -0.15) is 4.31 Å². The molecular formula is C19H22N4O6S. The van der Waals surface area contributed by atoms with Gasteiger partial charge in [0.1, 0.15) is 12.4 Å². The van der Waals surface area contributed by atoms with Gasteiger partial charge in [-0.1, -0.05) is 5.16 Å². The van der Waals surface area contributed by atoms with Crippen LogP contribution in [0.25, 0.3) is 11.0 Å². The lowest BCUT2D eigenvalue weighted by molar-refractivity contribution is 0.0412. The van der Waals surface area contributed by atoms with Crippen LogP contribution in [-0.2, 0) is 32.6 Å². The number of carbonyl (C=O) groups is 1. The number of hydrogen-bond donors (Lipinski definition) is 0. The summed E-state index contributed by atoms with van der Waals surface area (Å²) in [4.78, 5) is 16.8. The first kappa shape index (κ1) is 20.5. The summed E-state index contributed by atoms with van der Waals surface area (Å²) in [6.07, 6.45) is 0. The van der Waals surface area contributed by atoms with Gasteiger partial charge in [-0.25, -0.2) is 18.2 Å². The first-order chi connectivity index (χ1) is 14.4. The van der Waals surface area contributed by atoms with Crippen molar-refractivity contribution >= 4 is 27.0 Å². The fraction of sp³-hybridized carbons (Fsp3) is 0.421. The molecule has 1 aromatic carbocycles. The molecule has 1 aliphatic heterocycles. The van der Waals surface area contributed by atoms with Gasteiger partial charge >= 0.3 is 5.97 Å². The van der Waals surface area contributed by atoms with Crippen LogP contribution < -0.4 is 0 Å². The molecule has 11 heteroatoms. The zero-order chi connectivity index (χ0) is 21.3. The molecule has 160 valence electrons. The van der Waals surface area contributed by atoms with Crippen molar-refractivity contribution in [2.24, 2.45) is 0 Å². The van der Waals surface area contributed by atoms with Crippen LogP contribution in [0.4, 0.5) is 0 Å². The molecule has 3 heterocycles. The maximum Gasteiger partial charge on any atom is 0.377 e. The molecular weight excluding hydrogens is 412 g/mol. The van der Waals surface area contributed by atoms with Crippen LogP contribution in [0.1, 0.15) is 29.0 Å². The summed E-state index contributed by atoms with van der Waals surface area (Å²) in [5.41, 5.74) is 1.87. The Morgan fingerprint density at radius 1 is 1.23 bits per heavy atom. The highest BCUT2D eigenvalue weighted by molar-refractivity contribution is 7.89. The first-order valence-electron chi connectivity index (χ1n) is 9.57. The van der Waals surface area contributed by atoms with Crippen LogP contribution >= 0.6 is 0 Å². The van der Waals surface area contributed by atoms with Crippen molar-refractivity contribution in [3.63, 3.8) is 0 Å². The van der Waals surface area contributed by atoms with E-state index in [1.54, 1.807) is 25.1 Å². The van der Waals surface area contributed by atoms with Gasteiger partial charge in [0.15, 0.2) is 0 Å². The summed E-state index contributed by atoms with van der Waals surface area (Å²) >= 11 is 0. The second-order valence-corrected chi connectivity index (χ2v) is 8.79. The van der Waals surface area contributed by atoms with E-state index < -0.39 is 16.0 Å². The number of ether oxygens (including phenoxy) is 2. The largest absolute Gasteiger partial charge is 0.452 e. The van der Waals surface area contributed by atoms with Crippen LogP contribution in [0.3, 0.4) is 0 Å². The molecule has 0 saturated carbocycles. The van der Waals surface area contributed by atoms with Crippen LogP contribution in [0.15, 0.2) is 33.7 Å². The summed E-state index contributed by atoms with van der Waals surface area (Å²) in [7, 11) is -3.62. The van der Waals surface area contributed by atoms with Gasteiger partial charge in [0.05, 0.1) is 34.8 Å². The van der Waals surface area contributed by atoms with Crippen LogP contribution in [0.5, 0.6) is 0 Å². The van der Waals surface area contributed by atoms with E-state index in [0.717, 1.165) is 5.52 Å². The van der Waals surface area contributed by atoms with Gasteiger partial charge in [0.25, 0.3) is 0 Å². The van der Waals surface area contributed by atoms with Gasteiger partial charge in [-0.15, -0.1) is 0 Å². The lowest BCUT2D eigenvalue weighted by atomic mass is 10.3. The van der Waals surface area contributed by atoms with Crippen molar-refractivity contribution in [2.75, 3.05) is 26.3 Å². The average molecular weight is 434 g/mol. The number of sulfonamides is 1. The molecule has 4 rings (SSSR count). The van der Waals surface area contributed by atoms with Crippen molar-refractivity contribution in [1.29, 1.82) is 0 Å². The number of fused-ring (bicyclic) bond motifs is 1. The Hall–Kier alpha value is -2.76. The molecule has 0 aliphatic carbocycles. The highest BCUT2D eigenvalue weighted by atomic mass is 32.2. The molecule has 10 nitrogen and oxygen atoms in total. The minimum absolute atomic E-state index is 0.0190. The van der Waals surface area contributed by atoms with Crippen LogP contribution in [0, 0.1) is 6.92 Å². The molecule has 1 saturated heterocycles. The second-order valence-electron chi connectivity index (χ2n) is 6.85. The standard InChI is InChI=1S/C19H22N4O6S/c1-3-23-16-5-4-14(30(25,26)22-6-8-27-9-7-22)11-15(16)20-18(23)12-28-19(24)17-10-13(2)21-29-17/h4-5,10-11H,3,6-9,12H2,1-2H3. The van der Waals surface area contributed by atoms with E-state index in [9.17, 15) is 13.2 Å². The monoisotopic (exact) mass is 434 g/mol. The van der Waals surface area contributed by atoms with Crippen LogP contribution in [0.2, 0.25) is 0 Å². The van der Waals surface area contributed by atoms with E-state index in [1.165, 1.54) is 10.4 Å². The summed E-state index contributed by atoms with van der Waals surface area (Å²) in [5.74, 6) is -0.107. The quantitative estimate of drug-likeness (QED) is 0.539. The fourth-order valence-electron chi connectivity index (χ4n) is 3.38. The number of carbonyl (C=O) groups excluding carboxylic acids is 1. The molecule has 0 N–H and O–H groups in total. The van der Waals surface area contributed by atoms with E-state index in [0.29, 0.717) is 49.9 Å². The predicted octanol–water partition coefficient (Wildman–Crippen LogP) is 1.73. The van der Waals surface area contributed by atoms with Crippen molar-refractivity contribution < 1.29 is 27.2 Å². The Bertz CT molecular complexity index is 1180. The van der Waals surface area contributed by atoms with Crippen LogP contribution in [-0.4, -0.2) is 59.7 Å². The molecule has 2 aromatic heterocycles. The predicted molar refractivity (Wildman–Crippen MR) is 105 cm³/mol. The van der Waals surface area contributed by atoms with Gasteiger partial charge in [0, 0.05) is 25.7 Å².